The van der Waals surface area contributed by atoms with Gasteiger partial charge in [0.25, 0.3) is 5.91 Å². The van der Waals surface area contributed by atoms with Crippen LogP contribution in [-0.2, 0) is 11.4 Å². The first kappa shape index (κ1) is 27.1. The molecule has 10 heteroatoms. The summed E-state index contributed by atoms with van der Waals surface area (Å²) in [4.78, 5) is 26.9. The molecule has 2 N–H and O–H groups in total. The standard InChI is InChI=1S/C28H30ClN5O4/c1-18(15-34(4)27(35)28(2,3)36)38-24-10-7-9-22-25(24)26(32-17-31-22)33-19-11-12-23(21(29)14-19)37-16-20-8-5-6-13-30-20/h5-14,17-18,36H,15-16H2,1-4H3,(H,31,32,33)/t18-/m1/s1. The van der Waals surface area contributed by atoms with Crippen LogP contribution in [0.3, 0.4) is 0 Å². The van der Waals surface area contributed by atoms with Crippen molar-refractivity contribution < 1.29 is 19.4 Å². The Kier molecular flexibility index (Phi) is 8.29. The molecule has 38 heavy (non-hydrogen) atoms. The number of aromatic nitrogens is 3. The summed E-state index contributed by atoms with van der Waals surface area (Å²) in [7, 11) is 1.63. The molecule has 1 atom stereocenters. The Morgan fingerprint density at radius 3 is 2.63 bits per heavy atom. The Balaban J connectivity index is 1.51. The normalized spacial score (nSPS) is 12.2. The van der Waals surface area contributed by atoms with Crippen LogP contribution >= 0.6 is 11.6 Å². The molecule has 4 rings (SSSR count). The van der Waals surface area contributed by atoms with Crippen molar-refractivity contribution in [2.45, 2.75) is 39.1 Å². The van der Waals surface area contributed by atoms with Crippen molar-refractivity contribution in [3.63, 3.8) is 0 Å². The largest absolute Gasteiger partial charge is 0.488 e. The van der Waals surface area contributed by atoms with Crippen molar-refractivity contribution in [2.24, 2.45) is 0 Å². The lowest BCUT2D eigenvalue weighted by atomic mass is 10.1. The Labute approximate surface area is 226 Å². The molecule has 9 nitrogen and oxygen atoms in total. The van der Waals surface area contributed by atoms with E-state index in [1.165, 1.54) is 25.1 Å². The first-order valence-corrected chi connectivity index (χ1v) is 12.5. The highest BCUT2D eigenvalue weighted by atomic mass is 35.5. The third-order valence-electron chi connectivity index (χ3n) is 5.65. The summed E-state index contributed by atoms with van der Waals surface area (Å²) in [5, 5.41) is 14.4. The minimum atomic E-state index is -1.46. The average Bonchev–Trinajstić information content (AvgIpc) is 2.88. The van der Waals surface area contributed by atoms with Crippen LogP contribution in [0.4, 0.5) is 11.5 Å². The lowest BCUT2D eigenvalue weighted by Crippen LogP contribution is -2.46. The van der Waals surface area contributed by atoms with Crippen molar-refractivity contribution >= 4 is 39.9 Å². The van der Waals surface area contributed by atoms with Crippen molar-refractivity contribution in [3.05, 3.63) is 77.8 Å². The number of nitrogens with one attached hydrogen (secondary N) is 1. The molecule has 0 aliphatic carbocycles. The summed E-state index contributed by atoms with van der Waals surface area (Å²) in [5.74, 6) is 1.25. The highest BCUT2D eigenvalue weighted by Crippen LogP contribution is 2.34. The van der Waals surface area contributed by atoms with Gasteiger partial charge in [0, 0.05) is 18.9 Å². The number of hydrogen-bond acceptors (Lipinski definition) is 8. The Morgan fingerprint density at radius 2 is 1.92 bits per heavy atom. The van der Waals surface area contributed by atoms with E-state index < -0.39 is 5.60 Å². The highest BCUT2D eigenvalue weighted by molar-refractivity contribution is 6.32. The first-order valence-electron chi connectivity index (χ1n) is 12.1. The van der Waals surface area contributed by atoms with E-state index in [1.807, 2.05) is 49.4 Å². The SMILES string of the molecule is C[C@H](CN(C)C(=O)C(C)(C)O)Oc1cccc2ncnc(Nc3ccc(OCc4ccccn4)c(Cl)c3)c12. The number of pyridine rings is 1. The van der Waals surface area contributed by atoms with Gasteiger partial charge < -0.3 is 24.8 Å². The molecule has 4 aromatic rings. The zero-order valence-electron chi connectivity index (χ0n) is 21.7. The van der Waals surface area contributed by atoms with Gasteiger partial charge in [0.05, 0.1) is 28.2 Å². The summed E-state index contributed by atoms with van der Waals surface area (Å²) >= 11 is 6.49. The van der Waals surface area contributed by atoms with Gasteiger partial charge >= 0.3 is 0 Å². The number of fused-ring (bicyclic) bond motifs is 1. The predicted molar refractivity (Wildman–Crippen MR) is 147 cm³/mol. The van der Waals surface area contributed by atoms with Crippen LogP contribution in [0.25, 0.3) is 10.9 Å². The smallest absolute Gasteiger partial charge is 0.253 e. The van der Waals surface area contributed by atoms with Gasteiger partial charge in [0.1, 0.15) is 42.0 Å². The summed E-state index contributed by atoms with van der Waals surface area (Å²) in [6.07, 6.45) is 2.82. The second-order valence-electron chi connectivity index (χ2n) is 9.43. The number of halogens is 1. The van der Waals surface area contributed by atoms with E-state index in [4.69, 9.17) is 21.1 Å². The molecule has 0 aliphatic rings. The molecule has 0 bridgehead atoms. The fraction of sp³-hybridized carbons (Fsp3) is 0.286. The van der Waals surface area contributed by atoms with Crippen molar-refractivity contribution in [3.8, 4) is 11.5 Å². The second kappa shape index (κ2) is 11.6. The van der Waals surface area contributed by atoms with Crippen LogP contribution in [0.5, 0.6) is 11.5 Å². The van der Waals surface area contributed by atoms with E-state index in [0.29, 0.717) is 45.5 Å². The maximum Gasteiger partial charge on any atom is 0.253 e. The number of anilines is 2. The Morgan fingerprint density at radius 1 is 1.11 bits per heavy atom. The summed E-state index contributed by atoms with van der Waals surface area (Å²) in [6.45, 7) is 5.36. The molecule has 0 radical (unpaired) electrons. The quantitative estimate of drug-likeness (QED) is 0.292. The summed E-state index contributed by atoms with van der Waals surface area (Å²) in [5.41, 5.74) is 0.739. The zero-order chi connectivity index (χ0) is 27.3. The van der Waals surface area contributed by atoms with Crippen molar-refractivity contribution in [1.82, 2.24) is 19.9 Å². The summed E-state index contributed by atoms with van der Waals surface area (Å²) in [6, 6.07) is 16.6. The van der Waals surface area contributed by atoms with E-state index in [0.717, 1.165) is 5.69 Å². The van der Waals surface area contributed by atoms with E-state index in [-0.39, 0.29) is 18.6 Å². The number of carbonyl (C=O) groups excluding carboxylic acids is 1. The van der Waals surface area contributed by atoms with Crippen molar-refractivity contribution in [1.29, 1.82) is 0 Å². The van der Waals surface area contributed by atoms with Gasteiger partial charge in [-0.2, -0.15) is 0 Å². The number of hydrogen-bond donors (Lipinski definition) is 2. The van der Waals surface area contributed by atoms with Gasteiger partial charge in [0.2, 0.25) is 0 Å². The molecule has 0 saturated heterocycles. The van der Waals surface area contributed by atoms with Crippen LogP contribution in [-0.4, -0.2) is 56.2 Å². The molecule has 2 aromatic heterocycles. The molecule has 0 aliphatic heterocycles. The van der Waals surface area contributed by atoms with Gasteiger partial charge in [-0.25, -0.2) is 9.97 Å². The first-order chi connectivity index (χ1) is 18.1. The number of benzene rings is 2. The van der Waals surface area contributed by atoms with Gasteiger partial charge in [-0.15, -0.1) is 0 Å². The third kappa shape index (κ3) is 6.67. The monoisotopic (exact) mass is 535 g/mol. The topological polar surface area (TPSA) is 110 Å². The van der Waals surface area contributed by atoms with Crippen LogP contribution in [0.2, 0.25) is 5.02 Å². The molecule has 1 amide bonds. The molecule has 0 unspecified atom stereocenters. The summed E-state index contributed by atoms with van der Waals surface area (Å²) < 4.78 is 12.0. The van der Waals surface area contributed by atoms with Crippen LogP contribution in [0.15, 0.2) is 67.1 Å². The molecule has 2 aromatic carbocycles. The van der Waals surface area contributed by atoms with Crippen LogP contribution in [0.1, 0.15) is 26.5 Å². The molecular weight excluding hydrogens is 506 g/mol. The second-order valence-corrected chi connectivity index (χ2v) is 9.83. The number of rotatable bonds is 10. The molecule has 2 heterocycles. The van der Waals surface area contributed by atoms with Crippen LogP contribution < -0.4 is 14.8 Å². The maximum absolute atomic E-state index is 12.4. The Hall–Kier alpha value is -3.95. The van der Waals surface area contributed by atoms with Gasteiger partial charge in [-0.1, -0.05) is 23.7 Å². The highest BCUT2D eigenvalue weighted by Gasteiger charge is 2.28. The van der Waals surface area contributed by atoms with E-state index in [1.54, 1.807) is 25.4 Å². The van der Waals surface area contributed by atoms with Gasteiger partial charge in [-0.3, -0.25) is 9.78 Å². The third-order valence-corrected chi connectivity index (χ3v) is 5.95. The molecular formula is C28H30ClN5O4. The average molecular weight is 536 g/mol. The molecule has 0 fully saturated rings. The van der Waals surface area contributed by atoms with Crippen molar-refractivity contribution in [2.75, 3.05) is 18.9 Å². The number of ether oxygens (including phenoxy) is 2. The number of amides is 1. The zero-order valence-corrected chi connectivity index (χ0v) is 22.4. The van der Waals surface area contributed by atoms with E-state index >= 15 is 0 Å². The molecule has 198 valence electrons. The lowest BCUT2D eigenvalue weighted by molar-refractivity contribution is -0.147. The number of nitrogens with zero attached hydrogens (tertiary/aromatic N) is 4. The van der Waals surface area contributed by atoms with E-state index in [2.05, 4.69) is 20.3 Å². The fourth-order valence-corrected chi connectivity index (χ4v) is 4.16. The number of aliphatic hydroxyl groups is 1. The minimum absolute atomic E-state index is 0.283. The number of likely N-dealkylation sites (N-methyl/N-ethyl adjacent to an activating group) is 1. The van der Waals surface area contributed by atoms with E-state index in [9.17, 15) is 9.90 Å². The van der Waals surface area contributed by atoms with Crippen LogP contribution in [0, 0.1) is 0 Å². The maximum atomic E-state index is 12.4. The Bertz CT molecular complexity index is 1410. The molecule has 0 saturated carbocycles. The molecule has 0 spiro atoms. The van der Waals surface area contributed by atoms with Gasteiger partial charge in [-0.05, 0) is 63.2 Å². The number of carbonyl (C=O) groups is 1. The fourth-order valence-electron chi connectivity index (χ4n) is 3.93. The van der Waals surface area contributed by atoms with Gasteiger partial charge in [0.15, 0.2) is 0 Å². The predicted octanol–water partition coefficient (Wildman–Crippen LogP) is 5.00. The lowest BCUT2D eigenvalue weighted by Gasteiger charge is -2.27. The minimum Gasteiger partial charge on any atom is -0.488 e.